The van der Waals surface area contributed by atoms with Crippen molar-refractivity contribution >= 4 is 0 Å². The average Bonchev–Trinajstić information content (AvgIpc) is 2.31. The van der Waals surface area contributed by atoms with Gasteiger partial charge in [0.2, 0.25) is 0 Å². The van der Waals surface area contributed by atoms with Gasteiger partial charge in [-0.15, -0.1) is 0 Å². The van der Waals surface area contributed by atoms with E-state index in [1.807, 2.05) is 0 Å². The monoisotopic (exact) mass is 223 g/mol. The highest BCUT2D eigenvalue weighted by Gasteiger charge is 2.32. The second-order valence-electron chi connectivity index (χ2n) is 6.54. The molecule has 0 aliphatic heterocycles. The minimum absolute atomic E-state index is 0.377. The van der Waals surface area contributed by atoms with Gasteiger partial charge >= 0.3 is 0 Å². The van der Waals surface area contributed by atoms with Crippen LogP contribution in [0.3, 0.4) is 0 Å². The minimum Gasteiger partial charge on any atom is -0.309 e. The Morgan fingerprint density at radius 3 is 1.81 bits per heavy atom. The van der Waals surface area contributed by atoms with E-state index in [0.29, 0.717) is 5.54 Å². The summed E-state index contributed by atoms with van der Waals surface area (Å²) in [5.74, 6) is 0.920. The van der Waals surface area contributed by atoms with Crippen LogP contribution in [0, 0.1) is 5.92 Å². The molecule has 1 heteroatoms. The Hall–Kier alpha value is -0.0400. The molecule has 2 fully saturated rings. The smallest absolute Gasteiger partial charge is 0.0155 e. The summed E-state index contributed by atoms with van der Waals surface area (Å²) < 4.78 is 0. The largest absolute Gasteiger partial charge is 0.309 e. The van der Waals surface area contributed by atoms with Crippen molar-refractivity contribution in [3.8, 4) is 0 Å². The van der Waals surface area contributed by atoms with E-state index < -0.39 is 0 Å². The maximum absolute atomic E-state index is 3.96. The molecule has 2 saturated carbocycles. The van der Waals surface area contributed by atoms with Gasteiger partial charge in [-0.25, -0.2) is 0 Å². The molecule has 0 heterocycles. The first-order valence-electron chi connectivity index (χ1n) is 7.46. The van der Waals surface area contributed by atoms with Crippen molar-refractivity contribution in [3.05, 3.63) is 0 Å². The van der Waals surface area contributed by atoms with Crippen LogP contribution in [0.4, 0.5) is 0 Å². The first-order valence-corrected chi connectivity index (χ1v) is 7.46. The van der Waals surface area contributed by atoms with E-state index in [1.165, 1.54) is 64.2 Å². The number of hydrogen-bond acceptors (Lipinski definition) is 1. The van der Waals surface area contributed by atoms with E-state index in [1.54, 1.807) is 0 Å². The van der Waals surface area contributed by atoms with Crippen LogP contribution in [-0.4, -0.2) is 11.6 Å². The van der Waals surface area contributed by atoms with Crippen molar-refractivity contribution in [2.75, 3.05) is 0 Å². The molecule has 1 N–H and O–H groups in total. The fourth-order valence-corrected chi connectivity index (χ4v) is 3.72. The second-order valence-corrected chi connectivity index (χ2v) is 6.54. The van der Waals surface area contributed by atoms with Crippen LogP contribution in [0.25, 0.3) is 0 Å². The maximum Gasteiger partial charge on any atom is 0.0155 e. The van der Waals surface area contributed by atoms with Crippen molar-refractivity contribution in [2.24, 2.45) is 5.92 Å². The van der Waals surface area contributed by atoms with Gasteiger partial charge in [0.15, 0.2) is 0 Å². The molecule has 1 nitrogen and oxygen atoms in total. The Morgan fingerprint density at radius 1 is 0.750 bits per heavy atom. The Bertz CT molecular complexity index is 197. The molecule has 2 aliphatic rings. The van der Waals surface area contributed by atoms with Gasteiger partial charge in [-0.05, 0) is 45.4 Å². The third-order valence-corrected chi connectivity index (χ3v) is 4.81. The van der Waals surface area contributed by atoms with Gasteiger partial charge in [0.05, 0.1) is 0 Å². The Morgan fingerprint density at radius 2 is 1.25 bits per heavy atom. The van der Waals surface area contributed by atoms with Gasteiger partial charge in [0.25, 0.3) is 0 Å². The molecule has 0 atom stereocenters. The zero-order chi connectivity index (χ0) is 11.4. The molecule has 0 spiro atoms. The summed E-state index contributed by atoms with van der Waals surface area (Å²) in [4.78, 5) is 0. The molecular formula is C15H29N. The van der Waals surface area contributed by atoms with Crippen LogP contribution in [0.2, 0.25) is 0 Å². The van der Waals surface area contributed by atoms with E-state index >= 15 is 0 Å². The number of hydrogen-bond donors (Lipinski definition) is 1. The molecule has 0 aromatic carbocycles. The van der Waals surface area contributed by atoms with Gasteiger partial charge in [0.1, 0.15) is 0 Å². The van der Waals surface area contributed by atoms with E-state index in [4.69, 9.17) is 0 Å². The van der Waals surface area contributed by atoms with Gasteiger partial charge < -0.3 is 5.32 Å². The molecule has 16 heavy (non-hydrogen) atoms. The average molecular weight is 223 g/mol. The molecule has 0 bridgehead atoms. The molecule has 0 aromatic heterocycles. The molecule has 2 aliphatic carbocycles. The van der Waals surface area contributed by atoms with Crippen molar-refractivity contribution in [1.82, 2.24) is 5.32 Å². The lowest BCUT2D eigenvalue weighted by Gasteiger charge is -2.41. The maximum atomic E-state index is 3.96. The fraction of sp³-hybridized carbons (Fsp3) is 1.00. The third-order valence-electron chi connectivity index (χ3n) is 4.81. The molecule has 0 radical (unpaired) electrons. The lowest BCUT2D eigenvalue weighted by molar-refractivity contribution is 0.164. The highest BCUT2D eigenvalue weighted by Crippen LogP contribution is 2.33. The summed E-state index contributed by atoms with van der Waals surface area (Å²) >= 11 is 0. The standard InChI is InChI=1S/C15H29N/c1-15(2,13-9-5-3-6-10-13)16-14-11-7-4-8-12-14/h13-14,16H,3-12H2,1-2H3. The van der Waals surface area contributed by atoms with Crippen LogP contribution >= 0.6 is 0 Å². The van der Waals surface area contributed by atoms with Gasteiger partial charge in [-0.3, -0.25) is 0 Å². The normalized spacial score (nSPS) is 25.9. The first kappa shape index (κ1) is 12.4. The van der Waals surface area contributed by atoms with Crippen LogP contribution in [0.5, 0.6) is 0 Å². The summed E-state index contributed by atoms with van der Waals surface area (Å²) in [5.41, 5.74) is 0.377. The second kappa shape index (κ2) is 5.53. The van der Waals surface area contributed by atoms with E-state index in [-0.39, 0.29) is 0 Å². The van der Waals surface area contributed by atoms with Crippen molar-refractivity contribution in [2.45, 2.75) is 89.6 Å². The highest BCUT2D eigenvalue weighted by molar-refractivity contribution is 4.91. The van der Waals surface area contributed by atoms with Crippen LogP contribution < -0.4 is 5.32 Å². The minimum atomic E-state index is 0.377. The van der Waals surface area contributed by atoms with Crippen molar-refractivity contribution in [3.63, 3.8) is 0 Å². The van der Waals surface area contributed by atoms with Crippen LogP contribution in [0.1, 0.15) is 78.1 Å². The Balaban J connectivity index is 1.84. The van der Waals surface area contributed by atoms with E-state index in [0.717, 1.165) is 12.0 Å². The Labute approximate surface area is 101 Å². The first-order chi connectivity index (χ1) is 7.68. The Kier molecular flexibility index (Phi) is 4.29. The van der Waals surface area contributed by atoms with Gasteiger partial charge in [-0.1, -0.05) is 38.5 Å². The van der Waals surface area contributed by atoms with Crippen LogP contribution in [-0.2, 0) is 0 Å². The van der Waals surface area contributed by atoms with Gasteiger partial charge in [0, 0.05) is 11.6 Å². The predicted octanol–water partition coefficient (Wildman–Crippen LogP) is 4.27. The molecule has 0 amide bonds. The van der Waals surface area contributed by atoms with Gasteiger partial charge in [-0.2, -0.15) is 0 Å². The summed E-state index contributed by atoms with van der Waals surface area (Å²) in [6.45, 7) is 4.88. The van der Waals surface area contributed by atoms with Crippen molar-refractivity contribution in [1.29, 1.82) is 0 Å². The SMILES string of the molecule is CC(C)(NC1CCCCC1)C1CCCCC1. The molecule has 0 saturated heterocycles. The lowest BCUT2D eigenvalue weighted by atomic mass is 9.76. The molecule has 94 valence electrons. The fourth-order valence-electron chi connectivity index (χ4n) is 3.72. The number of nitrogens with one attached hydrogen (secondary N) is 1. The zero-order valence-electron chi connectivity index (χ0n) is 11.2. The summed E-state index contributed by atoms with van der Waals surface area (Å²) in [5, 5.41) is 3.96. The predicted molar refractivity (Wildman–Crippen MR) is 70.7 cm³/mol. The van der Waals surface area contributed by atoms with E-state index in [2.05, 4.69) is 19.2 Å². The van der Waals surface area contributed by atoms with E-state index in [9.17, 15) is 0 Å². The topological polar surface area (TPSA) is 12.0 Å². The molecule has 0 aromatic rings. The lowest BCUT2D eigenvalue weighted by Crippen LogP contribution is -2.51. The molecule has 2 rings (SSSR count). The highest BCUT2D eigenvalue weighted by atomic mass is 15.0. The summed E-state index contributed by atoms with van der Waals surface area (Å²) in [7, 11) is 0. The van der Waals surface area contributed by atoms with Crippen molar-refractivity contribution < 1.29 is 0 Å². The third kappa shape index (κ3) is 3.23. The quantitative estimate of drug-likeness (QED) is 0.753. The van der Waals surface area contributed by atoms with Crippen LogP contribution in [0.15, 0.2) is 0 Å². The molecule has 0 unspecified atom stereocenters. The molecular weight excluding hydrogens is 194 g/mol. The summed E-state index contributed by atoms with van der Waals surface area (Å²) in [6.07, 6.45) is 14.5. The summed E-state index contributed by atoms with van der Waals surface area (Å²) in [6, 6.07) is 0.811. The number of rotatable bonds is 3. The zero-order valence-corrected chi connectivity index (χ0v) is 11.2.